The minimum absolute atomic E-state index is 0.0163. The second-order valence-corrected chi connectivity index (χ2v) is 5.67. The Balaban J connectivity index is 1.86. The van der Waals surface area contributed by atoms with Crippen LogP contribution < -0.4 is 5.56 Å². The number of ether oxygens (including phenoxy) is 1. The molecule has 2 aromatic rings. The molecule has 0 saturated carbocycles. The highest BCUT2D eigenvalue weighted by atomic mass is 16.5. The first-order valence-electron chi connectivity index (χ1n) is 7.40. The summed E-state index contributed by atoms with van der Waals surface area (Å²) in [6, 6.07) is 5.49. The van der Waals surface area contributed by atoms with E-state index in [1.165, 1.54) is 10.9 Å². The summed E-state index contributed by atoms with van der Waals surface area (Å²) in [6.07, 6.45) is 1.49. The summed E-state index contributed by atoms with van der Waals surface area (Å²) in [5.41, 5.74) is 1.47. The Hall–Kier alpha value is -2.21. The zero-order chi connectivity index (χ0) is 15.7. The van der Waals surface area contributed by atoms with Crippen molar-refractivity contribution in [1.29, 1.82) is 0 Å². The number of rotatable bonds is 2. The first kappa shape index (κ1) is 14.7. The maximum absolute atomic E-state index is 12.5. The highest BCUT2D eigenvalue weighted by molar-refractivity contribution is 5.81. The minimum atomic E-state index is -0.177. The predicted octanol–water partition coefficient (Wildman–Crippen LogP) is 0.952. The molecule has 1 aliphatic rings. The topological polar surface area (TPSA) is 64.4 Å². The number of hydrogen-bond donors (Lipinski definition) is 0. The van der Waals surface area contributed by atoms with E-state index in [0.717, 1.165) is 5.56 Å². The summed E-state index contributed by atoms with van der Waals surface area (Å²) < 4.78 is 6.81. The Kier molecular flexibility index (Phi) is 3.94. The van der Waals surface area contributed by atoms with Gasteiger partial charge in [-0.3, -0.25) is 14.2 Å². The van der Waals surface area contributed by atoms with Gasteiger partial charge in [0.2, 0.25) is 5.91 Å². The molecule has 1 atom stereocenters. The van der Waals surface area contributed by atoms with Crippen molar-refractivity contribution < 1.29 is 9.53 Å². The van der Waals surface area contributed by atoms with E-state index in [4.69, 9.17) is 4.74 Å². The van der Waals surface area contributed by atoms with E-state index in [2.05, 4.69) is 4.98 Å². The Morgan fingerprint density at radius 2 is 2.27 bits per heavy atom. The third-order valence-electron chi connectivity index (χ3n) is 3.95. The third-order valence-corrected chi connectivity index (χ3v) is 3.95. The van der Waals surface area contributed by atoms with Crippen LogP contribution in [0.5, 0.6) is 0 Å². The summed E-state index contributed by atoms with van der Waals surface area (Å²) in [6.45, 7) is 5.54. The molecule has 0 bridgehead atoms. The summed E-state index contributed by atoms with van der Waals surface area (Å²) >= 11 is 0. The SMILES string of the molecule is Cc1cccc2c(=O)n(CC(=O)N3CCOC(C)C3)cnc12. The molecule has 116 valence electrons. The van der Waals surface area contributed by atoms with E-state index in [0.29, 0.717) is 30.6 Å². The quantitative estimate of drug-likeness (QED) is 0.828. The van der Waals surface area contributed by atoms with Gasteiger partial charge in [0, 0.05) is 13.1 Å². The fourth-order valence-electron chi connectivity index (χ4n) is 2.74. The molecule has 1 unspecified atom stereocenters. The fraction of sp³-hybridized carbons (Fsp3) is 0.438. The number of amides is 1. The van der Waals surface area contributed by atoms with E-state index in [-0.39, 0.29) is 24.1 Å². The van der Waals surface area contributed by atoms with Crippen LogP contribution in [0.25, 0.3) is 10.9 Å². The lowest BCUT2D eigenvalue weighted by Gasteiger charge is -2.31. The highest BCUT2D eigenvalue weighted by Gasteiger charge is 2.22. The van der Waals surface area contributed by atoms with Crippen molar-refractivity contribution in [3.05, 3.63) is 40.4 Å². The monoisotopic (exact) mass is 301 g/mol. The lowest BCUT2D eigenvalue weighted by molar-refractivity contribution is -0.138. The van der Waals surface area contributed by atoms with Crippen molar-refractivity contribution in [2.75, 3.05) is 19.7 Å². The van der Waals surface area contributed by atoms with Crippen molar-refractivity contribution in [2.24, 2.45) is 0 Å². The van der Waals surface area contributed by atoms with Crippen LogP contribution in [0.2, 0.25) is 0 Å². The lowest BCUT2D eigenvalue weighted by atomic mass is 10.1. The van der Waals surface area contributed by atoms with Crippen LogP contribution in [0.1, 0.15) is 12.5 Å². The molecule has 1 saturated heterocycles. The molecular formula is C16H19N3O3. The number of aromatic nitrogens is 2. The van der Waals surface area contributed by atoms with E-state index in [1.54, 1.807) is 11.0 Å². The van der Waals surface area contributed by atoms with Crippen LogP contribution >= 0.6 is 0 Å². The molecule has 3 rings (SSSR count). The summed E-state index contributed by atoms with van der Waals surface area (Å²) in [4.78, 5) is 30.9. The average molecular weight is 301 g/mol. The zero-order valence-electron chi connectivity index (χ0n) is 12.8. The smallest absolute Gasteiger partial charge is 0.261 e. The average Bonchev–Trinajstić information content (AvgIpc) is 2.50. The molecule has 1 aliphatic heterocycles. The molecule has 6 nitrogen and oxygen atoms in total. The molecule has 0 aliphatic carbocycles. The van der Waals surface area contributed by atoms with Gasteiger partial charge in [-0.2, -0.15) is 0 Å². The highest BCUT2D eigenvalue weighted by Crippen LogP contribution is 2.11. The van der Waals surface area contributed by atoms with E-state index < -0.39 is 0 Å². The van der Waals surface area contributed by atoms with Gasteiger partial charge >= 0.3 is 0 Å². The van der Waals surface area contributed by atoms with E-state index in [1.807, 2.05) is 26.0 Å². The molecule has 1 amide bonds. The number of carbonyl (C=O) groups excluding carboxylic acids is 1. The number of hydrogen-bond acceptors (Lipinski definition) is 4. The van der Waals surface area contributed by atoms with Gasteiger partial charge in [0.05, 0.1) is 29.9 Å². The summed E-state index contributed by atoms with van der Waals surface area (Å²) in [5, 5.41) is 0.547. The number of carbonyl (C=O) groups is 1. The fourth-order valence-corrected chi connectivity index (χ4v) is 2.74. The van der Waals surface area contributed by atoms with Crippen LogP contribution in [0.15, 0.2) is 29.3 Å². The van der Waals surface area contributed by atoms with E-state index >= 15 is 0 Å². The van der Waals surface area contributed by atoms with Crippen molar-refractivity contribution in [1.82, 2.24) is 14.5 Å². The van der Waals surface area contributed by atoms with E-state index in [9.17, 15) is 9.59 Å². The number of aryl methyl sites for hydroxylation is 1. The van der Waals surface area contributed by atoms with Crippen molar-refractivity contribution in [2.45, 2.75) is 26.5 Å². The normalized spacial score (nSPS) is 18.6. The van der Waals surface area contributed by atoms with Gasteiger partial charge < -0.3 is 9.64 Å². The number of morpholine rings is 1. The zero-order valence-corrected chi connectivity index (χ0v) is 12.8. The van der Waals surface area contributed by atoms with Crippen molar-refractivity contribution in [3.8, 4) is 0 Å². The van der Waals surface area contributed by atoms with Gasteiger partial charge in [-0.15, -0.1) is 0 Å². The van der Waals surface area contributed by atoms with Crippen LogP contribution in [0.4, 0.5) is 0 Å². The molecule has 1 aromatic heterocycles. The van der Waals surface area contributed by atoms with Crippen LogP contribution in [-0.2, 0) is 16.1 Å². The molecule has 22 heavy (non-hydrogen) atoms. The Morgan fingerprint density at radius 3 is 3.05 bits per heavy atom. The molecule has 0 spiro atoms. The molecule has 6 heteroatoms. The Labute approximate surface area is 128 Å². The largest absolute Gasteiger partial charge is 0.375 e. The minimum Gasteiger partial charge on any atom is -0.375 e. The van der Waals surface area contributed by atoms with Crippen LogP contribution in [-0.4, -0.2) is 46.2 Å². The second-order valence-electron chi connectivity index (χ2n) is 5.67. The standard InChI is InChI=1S/C16H19N3O3/c1-11-4-3-5-13-15(11)17-10-19(16(13)21)9-14(20)18-6-7-22-12(2)8-18/h3-5,10,12H,6-9H2,1-2H3. The molecule has 1 aromatic carbocycles. The van der Waals surface area contributed by atoms with Crippen molar-refractivity contribution in [3.63, 3.8) is 0 Å². The van der Waals surface area contributed by atoms with Gasteiger partial charge in [-0.25, -0.2) is 4.98 Å². The first-order valence-corrected chi connectivity index (χ1v) is 7.40. The Morgan fingerprint density at radius 1 is 1.45 bits per heavy atom. The van der Waals surface area contributed by atoms with Crippen LogP contribution in [0.3, 0.4) is 0 Å². The number of benzene rings is 1. The molecule has 0 radical (unpaired) electrons. The predicted molar refractivity (Wildman–Crippen MR) is 82.7 cm³/mol. The molecule has 1 fully saturated rings. The number of nitrogens with zero attached hydrogens (tertiary/aromatic N) is 3. The van der Waals surface area contributed by atoms with Gasteiger partial charge in [-0.1, -0.05) is 12.1 Å². The lowest BCUT2D eigenvalue weighted by Crippen LogP contribution is -2.46. The van der Waals surface area contributed by atoms with Crippen LogP contribution in [0, 0.1) is 6.92 Å². The van der Waals surface area contributed by atoms with Crippen molar-refractivity contribution >= 4 is 16.8 Å². The van der Waals surface area contributed by atoms with Gasteiger partial charge in [0.25, 0.3) is 5.56 Å². The Bertz CT molecular complexity index is 769. The molecular weight excluding hydrogens is 282 g/mol. The molecule has 2 heterocycles. The summed E-state index contributed by atoms with van der Waals surface area (Å²) in [5.74, 6) is -0.0777. The number of fused-ring (bicyclic) bond motifs is 1. The first-order chi connectivity index (χ1) is 10.6. The molecule has 0 N–H and O–H groups in total. The second kappa shape index (κ2) is 5.88. The van der Waals surface area contributed by atoms with Gasteiger partial charge in [0.1, 0.15) is 6.54 Å². The maximum atomic E-state index is 12.5. The maximum Gasteiger partial charge on any atom is 0.261 e. The summed E-state index contributed by atoms with van der Waals surface area (Å²) in [7, 11) is 0. The number of para-hydroxylation sites is 1. The van der Waals surface area contributed by atoms with Gasteiger partial charge in [-0.05, 0) is 25.5 Å². The third kappa shape index (κ3) is 2.74. The van der Waals surface area contributed by atoms with Gasteiger partial charge in [0.15, 0.2) is 0 Å².